The van der Waals surface area contributed by atoms with Crippen LogP contribution in [0.1, 0.15) is 44.5 Å². The topological polar surface area (TPSA) is 6.48 Å². The van der Waals surface area contributed by atoms with Crippen LogP contribution in [0.4, 0.5) is 34.1 Å². The van der Waals surface area contributed by atoms with E-state index in [0.717, 1.165) is 38.6 Å². The van der Waals surface area contributed by atoms with Crippen molar-refractivity contribution in [1.29, 1.82) is 0 Å². The van der Waals surface area contributed by atoms with E-state index in [4.69, 9.17) is 0 Å². The predicted octanol–water partition coefficient (Wildman–Crippen LogP) is 23.1. The van der Waals surface area contributed by atoms with Crippen LogP contribution in [0.15, 0.2) is 350 Å². The first-order valence-electron chi connectivity index (χ1n) is 30.7. The minimum absolute atomic E-state index is 0.366. The molecule has 0 radical (unpaired) electrons. The zero-order chi connectivity index (χ0) is 59.0. The van der Waals surface area contributed by atoms with Gasteiger partial charge in [-0.15, -0.1) is 0 Å². The molecule has 14 aromatic rings. The van der Waals surface area contributed by atoms with Crippen molar-refractivity contribution >= 4 is 50.1 Å². The molecule has 0 heterocycles. The zero-order valence-corrected chi connectivity index (χ0v) is 50.3. The maximum Gasteiger partial charge on any atom is 0.0726 e. The molecule has 89 heavy (non-hydrogen) atoms. The summed E-state index contributed by atoms with van der Waals surface area (Å²) in [6, 6.07) is 126. The third-order valence-corrected chi connectivity index (χ3v) is 19.6. The molecule has 0 unspecified atom stereocenters. The lowest BCUT2D eigenvalue weighted by molar-refractivity contribution is 0.793. The fourth-order valence-corrected chi connectivity index (χ4v) is 15.6. The van der Waals surface area contributed by atoms with Crippen LogP contribution < -0.4 is 9.80 Å². The number of fused-ring (bicyclic) bond motifs is 20. The van der Waals surface area contributed by atoms with E-state index in [9.17, 15) is 0 Å². The molecule has 0 atom stereocenters. The summed E-state index contributed by atoms with van der Waals surface area (Å²) in [5.41, 5.74) is 32.3. The first-order chi connectivity index (χ1) is 44.1. The highest BCUT2D eigenvalue weighted by Crippen LogP contribution is 2.65. The number of para-hydroxylation sites is 1. The van der Waals surface area contributed by atoms with Crippen LogP contribution in [0.3, 0.4) is 0 Å². The summed E-state index contributed by atoms with van der Waals surface area (Å²) in [5.74, 6) is 0. The summed E-state index contributed by atoms with van der Waals surface area (Å²) in [6.07, 6.45) is 0. The van der Waals surface area contributed by atoms with Gasteiger partial charge in [-0.2, -0.15) is 0 Å². The minimum atomic E-state index is -0.377. The second-order valence-electron chi connectivity index (χ2n) is 23.5. The van der Waals surface area contributed by atoms with Crippen LogP contribution in [0.2, 0.25) is 0 Å². The second kappa shape index (κ2) is 21.2. The summed E-state index contributed by atoms with van der Waals surface area (Å²) in [5, 5.41) is 0. The van der Waals surface area contributed by atoms with Crippen LogP contribution in [0, 0.1) is 0 Å². The van der Waals surface area contributed by atoms with Crippen LogP contribution in [0.5, 0.6) is 0 Å². The van der Waals surface area contributed by atoms with Crippen molar-refractivity contribution in [3.05, 3.63) is 395 Å². The Balaban J connectivity index is 0.000000138. The van der Waals surface area contributed by atoms with E-state index >= 15 is 0 Å². The third kappa shape index (κ3) is 8.16. The summed E-state index contributed by atoms with van der Waals surface area (Å²) >= 11 is 3.65. The number of halogens is 1. The molecule has 0 aliphatic heterocycles. The van der Waals surface area contributed by atoms with Crippen LogP contribution >= 0.6 is 15.9 Å². The average Bonchev–Trinajstić information content (AvgIpc) is 1.53. The second-order valence-corrected chi connectivity index (χ2v) is 24.5. The van der Waals surface area contributed by atoms with Gasteiger partial charge >= 0.3 is 0 Å². The Morgan fingerprint density at radius 1 is 0.180 bits per heavy atom. The van der Waals surface area contributed by atoms with E-state index in [0.29, 0.717) is 0 Å². The van der Waals surface area contributed by atoms with Gasteiger partial charge in [0, 0.05) is 38.6 Å². The van der Waals surface area contributed by atoms with E-state index in [-0.39, 0.29) is 10.8 Å². The van der Waals surface area contributed by atoms with Crippen LogP contribution in [-0.2, 0) is 10.8 Å². The van der Waals surface area contributed by atoms with E-state index in [1.165, 1.54) is 111 Å². The van der Waals surface area contributed by atoms with Gasteiger partial charge in [0.1, 0.15) is 0 Å². The SMILES string of the molecule is Brc1ccc(N(c2ccc(-c3ccccc3)cc2)c2ccc3c(c2)C2(c4ccccc4-c4ccccc42)c2ccccc2-3)cc1.c1ccc(-c2ccc(N(c3ccccc3)c3ccc4c(c3)C3(c5ccccc5-c5ccccc53)c3ccccc3-4)cc2)cc1. The van der Waals surface area contributed by atoms with E-state index in [2.05, 4.69) is 372 Å². The highest BCUT2D eigenvalue weighted by Gasteiger charge is 2.53. The van der Waals surface area contributed by atoms with Gasteiger partial charge in [-0.3, -0.25) is 0 Å². The lowest BCUT2D eigenvalue weighted by atomic mass is 9.70. The fraction of sp³-hybridized carbons (Fsp3) is 0.0233. The Morgan fingerprint density at radius 3 is 0.719 bits per heavy atom. The average molecular weight is 1200 g/mol. The molecule has 0 saturated carbocycles. The van der Waals surface area contributed by atoms with Gasteiger partial charge in [0.05, 0.1) is 10.8 Å². The molecule has 0 fully saturated rings. The van der Waals surface area contributed by atoms with Crippen molar-refractivity contribution in [2.45, 2.75) is 10.8 Å². The van der Waals surface area contributed by atoms with Gasteiger partial charge in [0.2, 0.25) is 0 Å². The van der Waals surface area contributed by atoms with Crippen molar-refractivity contribution < 1.29 is 0 Å². The van der Waals surface area contributed by atoms with Gasteiger partial charge < -0.3 is 9.80 Å². The van der Waals surface area contributed by atoms with E-state index in [1.807, 2.05) is 0 Å². The normalized spacial score (nSPS) is 13.2. The molecule has 3 heteroatoms. The Morgan fingerprint density at radius 2 is 0.404 bits per heavy atom. The number of hydrogen-bond donors (Lipinski definition) is 0. The summed E-state index contributed by atoms with van der Waals surface area (Å²) in [4.78, 5) is 4.77. The molecule has 2 spiro atoms. The molecule has 418 valence electrons. The molecule has 0 N–H and O–H groups in total. The first-order valence-corrected chi connectivity index (χ1v) is 31.5. The Kier molecular flexibility index (Phi) is 12.5. The number of rotatable bonds is 8. The number of anilines is 6. The van der Waals surface area contributed by atoms with Crippen molar-refractivity contribution in [2.24, 2.45) is 0 Å². The fourth-order valence-electron chi connectivity index (χ4n) is 15.4. The maximum absolute atomic E-state index is 3.65. The highest BCUT2D eigenvalue weighted by molar-refractivity contribution is 9.10. The summed E-state index contributed by atoms with van der Waals surface area (Å²) in [7, 11) is 0. The standard InChI is InChI=1S/C43H28BrN.C43H29N/c44-31-20-24-33(25-21-31)45(32-22-18-30(19-23-32)29-10-2-1-3-11-29)34-26-27-38-37-14-6-9-17-41(37)43(42(38)28-34)39-15-7-4-12-35(39)36-13-5-8-16-40(36)43;1-3-13-30(14-4-1)31-23-25-33(26-24-31)44(32-15-5-2-6-16-32)34-27-28-38-37-19-9-12-22-41(37)43(42(38)29-34)39-20-10-7-17-35(39)36-18-8-11-21-40(36)43/h1-28H;1-29H. The van der Waals surface area contributed by atoms with Crippen LogP contribution in [0.25, 0.3) is 66.8 Å². The molecule has 0 bridgehead atoms. The Labute approximate surface area is 528 Å². The first kappa shape index (κ1) is 52.5. The molecule has 2 nitrogen and oxygen atoms in total. The molecular formula is C86H57BrN2. The largest absolute Gasteiger partial charge is 0.310 e. The lowest BCUT2D eigenvalue weighted by Crippen LogP contribution is -2.26. The number of hydrogen-bond acceptors (Lipinski definition) is 2. The summed E-state index contributed by atoms with van der Waals surface area (Å²) < 4.78 is 1.06. The molecule has 0 aromatic heterocycles. The molecule has 4 aliphatic carbocycles. The smallest absolute Gasteiger partial charge is 0.0726 e. The highest BCUT2D eigenvalue weighted by atomic mass is 79.9. The zero-order valence-electron chi connectivity index (χ0n) is 48.7. The Hall–Kier alpha value is -10.8. The monoisotopic (exact) mass is 1200 g/mol. The summed E-state index contributed by atoms with van der Waals surface area (Å²) in [6.45, 7) is 0. The number of benzene rings is 14. The molecule has 14 aromatic carbocycles. The van der Waals surface area contributed by atoms with Gasteiger partial charge in [-0.05, 0) is 196 Å². The molecule has 18 rings (SSSR count). The van der Waals surface area contributed by atoms with Gasteiger partial charge in [0.15, 0.2) is 0 Å². The molecule has 4 aliphatic rings. The Bertz CT molecular complexity index is 4890. The maximum atomic E-state index is 3.65. The van der Waals surface area contributed by atoms with E-state index in [1.54, 1.807) is 0 Å². The van der Waals surface area contributed by atoms with E-state index < -0.39 is 0 Å². The molecule has 0 amide bonds. The van der Waals surface area contributed by atoms with Gasteiger partial charge in [0.25, 0.3) is 0 Å². The lowest BCUT2D eigenvalue weighted by Gasteiger charge is -2.32. The predicted molar refractivity (Wildman–Crippen MR) is 373 cm³/mol. The van der Waals surface area contributed by atoms with Crippen molar-refractivity contribution in [3.8, 4) is 66.8 Å². The van der Waals surface area contributed by atoms with Gasteiger partial charge in [-0.25, -0.2) is 0 Å². The quantitative estimate of drug-likeness (QED) is 0.150. The van der Waals surface area contributed by atoms with Gasteiger partial charge in [-0.1, -0.05) is 277 Å². The number of nitrogens with zero attached hydrogens (tertiary/aromatic N) is 2. The van der Waals surface area contributed by atoms with Crippen molar-refractivity contribution in [3.63, 3.8) is 0 Å². The minimum Gasteiger partial charge on any atom is -0.310 e. The van der Waals surface area contributed by atoms with Crippen molar-refractivity contribution in [1.82, 2.24) is 0 Å². The third-order valence-electron chi connectivity index (χ3n) is 19.0. The molecular weight excluding hydrogens is 1140 g/mol. The van der Waals surface area contributed by atoms with Crippen LogP contribution in [-0.4, -0.2) is 0 Å². The molecule has 0 saturated heterocycles. The van der Waals surface area contributed by atoms with Crippen molar-refractivity contribution in [2.75, 3.05) is 9.80 Å².